The van der Waals surface area contributed by atoms with Crippen molar-refractivity contribution in [2.24, 2.45) is 17.6 Å². The molecule has 0 spiro atoms. The highest BCUT2D eigenvalue weighted by Crippen LogP contribution is 2.25. The van der Waals surface area contributed by atoms with Crippen molar-refractivity contribution in [2.45, 2.75) is 144 Å². The molecule has 0 aliphatic carbocycles. The van der Waals surface area contributed by atoms with E-state index in [1.807, 2.05) is 178 Å². The van der Waals surface area contributed by atoms with Gasteiger partial charge in [0.2, 0.25) is 11.8 Å². The van der Waals surface area contributed by atoms with Gasteiger partial charge in [-0.15, -0.1) is 0 Å². The molecule has 8 rings (SSSR count). The van der Waals surface area contributed by atoms with Gasteiger partial charge in [0, 0.05) is 52.8 Å². The first kappa shape index (κ1) is 88.7. The smallest absolute Gasteiger partial charge is 0.331 e. The Kier molecular flexibility index (Phi) is 42.2. The molecule has 22 nitrogen and oxygen atoms in total. The number of amides is 1. The summed E-state index contributed by atoms with van der Waals surface area (Å²) in [6, 6.07) is 59.4. The fraction of sp³-hybridized carbons (Fsp3) is 0.386. The predicted molar refractivity (Wildman–Crippen MR) is 399 cm³/mol. The van der Waals surface area contributed by atoms with Crippen molar-refractivity contribution in [1.82, 2.24) is 10.2 Å². The predicted octanol–water partition coefficient (Wildman–Crippen LogP) is 11.3. The molecule has 1 heterocycles. The summed E-state index contributed by atoms with van der Waals surface area (Å²) in [6.45, 7) is 17.6. The SMILES string of the molecule is CCC(=O)C1C(=O)OC(C)(C)OC1=O.CCO.CCOC(=O)[C@@H](C)Cc1ccccc1.CCOC(=O)[C@@H](N)Cc1ccccc1.CCOC(=O)[C@H](Cc1ccccc1)N(Cc1ccc(OC)cc1)C(=O)CC(=O)Cc1ccc(OC)cc1.CCOC(=O)[C@H](Cc1ccccc1)NCc1ccc(OC)cc1. The number of carbonyl (C=O) groups excluding carboxylic acids is 9. The molecule has 4 atom stereocenters. The highest BCUT2D eigenvalue weighted by atomic mass is 16.7. The zero-order chi connectivity index (χ0) is 77.5. The van der Waals surface area contributed by atoms with E-state index >= 15 is 0 Å². The van der Waals surface area contributed by atoms with E-state index in [-0.39, 0.29) is 81.1 Å². The molecule has 566 valence electrons. The van der Waals surface area contributed by atoms with Gasteiger partial charge in [-0.1, -0.05) is 172 Å². The normalized spacial score (nSPS) is 12.8. The number of esters is 6. The minimum absolute atomic E-state index is 0.0580. The van der Waals surface area contributed by atoms with Crippen molar-refractivity contribution in [3.8, 4) is 17.2 Å². The standard InChI is InChI=1S/C30H33NO6.C19H23NO3.C12H16O2.C11H15NO2.C9H12O5.C2H6O/c1-4-37-30(34)28(19-22-8-6-5-7-9-22)31(21-24-12-16-27(36-3)17-13-24)29(33)20-25(32)18-23-10-14-26(35-2)15-11-23;1-3-23-19(21)18(13-15-7-5-4-6-8-15)20-14-16-9-11-17(22-2)12-10-16;1-3-14-12(13)10(2)9-11-7-5-4-6-8-11;1-2-14-11(13)10(12)8-9-6-4-3-5-7-9;1-4-5(10)6-7(11)13-9(2,3)14-8(6)12;1-2-3/h5-17,28H,4,18-21H2,1-3H3;4-12,18,20H,3,13-14H2,1-2H3;4-8,10H,3,9H2,1-2H3;3-7,10H,2,8,12H2,1H3;6H,4H2,1-3H3;3H,2H2,1H3/t28-;18-;2*10-;;/m0000../s1. The molecule has 22 heteroatoms. The van der Waals surface area contributed by atoms with Crippen LogP contribution in [0.5, 0.6) is 17.2 Å². The topological polar surface area (TPSA) is 298 Å². The summed E-state index contributed by atoms with van der Waals surface area (Å²) in [5.74, 6) is -4.48. The van der Waals surface area contributed by atoms with Gasteiger partial charge < -0.3 is 63.7 Å². The number of hydrogen-bond donors (Lipinski definition) is 3. The number of ether oxygens (including phenoxy) is 9. The minimum atomic E-state index is -1.40. The summed E-state index contributed by atoms with van der Waals surface area (Å²) in [7, 11) is 4.80. The Bertz CT molecular complexity index is 3590. The van der Waals surface area contributed by atoms with Gasteiger partial charge in [0.05, 0.1) is 60.1 Å². The lowest BCUT2D eigenvalue weighted by atomic mass is 10.0. The van der Waals surface area contributed by atoms with Crippen LogP contribution < -0.4 is 25.3 Å². The molecule has 1 saturated heterocycles. The molecule has 1 aliphatic rings. The number of aliphatic hydroxyl groups excluding tert-OH is 1. The summed E-state index contributed by atoms with van der Waals surface area (Å²) in [5.41, 5.74) is 12.6. The number of aliphatic hydroxyl groups is 1. The van der Waals surface area contributed by atoms with Crippen molar-refractivity contribution in [1.29, 1.82) is 0 Å². The van der Waals surface area contributed by atoms with Gasteiger partial charge in [0.25, 0.3) is 5.79 Å². The van der Waals surface area contributed by atoms with Gasteiger partial charge in [-0.25, -0.2) is 4.79 Å². The molecule has 7 aromatic carbocycles. The highest BCUT2D eigenvalue weighted by Gasteiger charge is 2.46. The van der Waals surface area contributed by atoms with Gasteiger partial charge in [-0.05, 0) is 129 Å². The van der Waals surface area contributed by atoms with Crippen LogP contribution >= 0.6 is 0 Å². The summed E-state index contributed by atoms with van der Waals surface area (Å²) < 4.78 is 45.4. The Morgan fingerprint density at radius 2 is 0.857 bits per heavy atom. The van der Waals surface area contributed by atoms with Crippen molar-refractivity contribution in [3.63, 3.8) is 0 Å². The maximum absolute atomic E-state index is 13.6. The van der Waals surface area contributed by atoms with Crippen LogP contribution in [-0.4, -0.2) is 142 Å². The number of methoxy groups -OCH3 is 3. The molecule has 1 aliphatic heterocycles. The Morgan fingerprint density at radius 1 is 0.486 bits per heavy atom. The van der Waals surface area contributed by atoms with E-state index in [0.29, 0.717) is 50.7 Å². The van der Waals surface area contributed by atoms with E-state index in [4.69, 9.17) is 53.5 Å². The number of nitrogens with zero attached hydrogens (tertiary/aromatic N) is 1. The third-order valence-electron chi connectivity index (χ3n) is 15.3. The molecule has 105 heavy (non-hydrogen) atoms. The average Bonchev–Trinajstić information content (AvgIpc) is 0.811. The Morgan fingerprint density at radius 3 is 1.28 bits per heavy atom. The first-order chi connectivity index (χ1) is 50.4. The molecule has 4 N–H and O–H groups in total. The van der Waals surface area contributed by atoms with Gasteiger partial charge in [0.15, 0.2) is 5.78 Å². The number of carbonyl (C=O) groups is 9. The molecule has 1 amide bonds. The van der Waals surface area contributed by atoms with Crippen LogP contribution in [0.4, 0.5) is 0 Å². The monoisotopic (exact) mass is 1450 g/mol. The molecule has 0 unspecified atom stereocenters. The quantitative estimate of drug-likeness (QED) is 0.0207. The molecule has 0 aromatic heterocycles. The maximum Gasteiger partial charge on any atom is 0.331 e. The number of rotatable bonds is 31. The van der Waals surface area contributed by atoms with E-state index in [9.17, 15) is 43.2 Å². The van der Waals surface area contributed by atoms with E-state index in [1.165, 1.54) is 24.3 Å². The van der Waals surface area contributed by atoms with Crippen molar-refractivity contribution < 1.29 is 90.9 Å². The molecule has 1 fully saturated rings. The molecular formula is C83H105N3O19. The van der Waals surface area contributed by atoms with Gasteiger partial charge in [0.1, 0.15) is 41.2 Å². The Balaban J connectivity index is 0.000000360. The van der Waals surface area contributed by atoms with Crippen LogP contribution in [-0.2, 0) is 117 Å². The molecular weight excluding hydrogens is 1340 g/mol. The van der Waals surface area contributed by atoms with Crippen molar-refractivity contribution in [2.75, 3.05) is 54.4 Å². The van der Waals surface area contributed by atoms with Crippen LogP contribution in [0, 0.1) is 11.8 Å². The zero-order valence-electron chi connectivity index (χ0n) is 62.6. The number of Topliss-reactive ketones (excluding diaryl/α,β-unsaturated/α-hetero) is 2. The third kappa shape index (κ3) is 34.5. The van der Waals surface area contributed by atoms with E-state index in [1.54, 1.807) is 85.4 Å². The maximum atomic E-state index is 13.6. The minimum Gasteiger partial charge on any atom is -0.497 e. The second-order valence-corrected chi connectivity index (χ2v) is 24.0. The van der Waals surface area contributed by atoms with Crippen LogP contribution in [0.3, 0.4) is 0 Å². The number of nitrogens with two attached hydrogens (primary N) is 1. The number of ketones is 2. The van der Waals surface area contributed by atoms with Crippen LogP contribution in [0.1, 0.15) is 114 Å². The van der Waals surface area contributed by atoms with Crippen LogP contribution in [0.25, 0.3) is 0 Å². The van der Waals surface area contributed by atoms with Crippen molar-refractivity contribution in [3.05, 3.63) is 233 Å². The largest absolute Gasteiger partial charge is 0.497 e. The van der Waals surface area contributed by atoms with E-state index in [0.717, 1.165) is 45.6 Å². The lowest BCUT2D eigenvalue weighted by molar-refractivity contribution is -0.238. The first-order valence-corrected chi connectivity index (χ1v) is 35.0. The highest BCUT2D eigenvalue weighted by molar-refractivity contribution is 6.15. The number of hydrogen-bond acceptors (Lipinski definition) is 21. The zero-order valence-corrected chi connectivity index (χ0v) is 62.6. The third-order valence-corrected chi connectivity index (χ3v) is 15.3. The van der Waals surface area contributed by atoms with Crippen molar-refractivity contribution >= 4 is 53.3 Å². The fourth-order valence-corrected chi connectivity index (χ4v) is 10.0. The van der Waals surface area contributed by atoms with Crippen LogP contribution in [0.2, 0.25) is 0 Å². The molecule has 0 bridgehead atoms. The number of benzene rings is 7. The average molecular weight is 1450 g/mol. The summed E-state index contributed by atoms with van der Waals surface area (Å²) in [6.07, 6.45) is 2.04. The van der Waals surface area contributed by atoms with Gasteiger partial charge in [-0.3, -0.25) is 38.4 Å². The second-order valence-electron chi connectivity index (χ2n) is 24.0. The summed E-state index contributed by atoms with van der Waals surface area (Å²) in [4.78, 5) is 109. The van der Waals surface area contributed by atoms with E-state index < -0.39 is 53.4 Å². The lowest BCUT2D eigenvalue weighted by Crippen LogP contribution is -2.48. The van der Waals surface area contributed by atoms with Gasteiger partial charge >= 0.3 is 35.8 Å². The lowest BCUT2D eigenvalue weighted by Gasteiger charge is -2.32. The molecule has 0 radical (unpaired) electrons. The summed E-state index contributed by atoms with van der Waals surface area (Å²) >= 11 is 0. The molecule has 7 aromatic rings. The fourth-order valence-electron chi connectivity index (χ4n) is 10.0. The summed E-state index contributed by atoms with van der Waals surface area (Å²) in [5, 5.41) is 10.9. The molecule has 0 saturated carbocycles. The van der Waals surface area contributed by atoms with E-state index in [2.05, 4.69) is 5.32 Å². The number of nitrogens with one attached hydrogen (secondary N) is 1. The Hall–Kier alpha value is -10.6. The first-order valence-electron chi connectivity index (χ1n) is 35.0. The number of cyclic esters (lactones) is 2. The van der Waals surface area contributed by atoms with Gasteiger partial charge in [-0.2, -0.15) is 0 Å². The second kappa shape index (κ2) is 50.0. The van der Waals surface area contributed by atoms with Crippen LogP contribution in [0.15, 0.2) is 194 Å². The Labute approximate surface area is 618 Å².